The molecule has 1 heterocycles. The summed E-state index contributed by atoms with van der Waals surface area (Å²) in [6, 6.07) is 15.2. The maximum Gasteiger partial charge on any atom is 1.00 e. The van der Waals surface area contributed by atoms with E-state index in [0.29, 0.717) is 5.56 Å². The van der Waals surface area contributed by atoms with Gasteiger partial charge in [-0.3, -0.25) is 9.59 Å². The molecule has 1 atom stereocenters. The number of benzene rings is 2. The van der Waals surface area contributed by atoms with Gasteiger partial charge in [0.2, 0.25) is 0 Å². The van der Waals surface area contributed by atoms with Crippen molar-refractivity contribution >= 4 is 39.8 Å². The van der Waals surface area contributed by atoms with Gasteiger partial charge in [0.25, 0.3) is 11.8 Å². The van der Waals surface area contributed by atoms with E-state index < -0.39 is 28.2 Å². The van der Waals surface area contributed by atoms with Crippen LogP contribution in [-0.2, 0) is 19.9 Å². The zero-order valence-electron chi connectivity index (χ0n) is 15.7. The minimum atomic E-state index is -4.86. The molecular formula is C18H16N3NaO5S2. The summed E-state index contributed by atoms with van der Waals surface area (Å²) in [5.74, 6) is -1.59. The predicted molar refractivity (Wildman–Crippen MR) is 103 cm³/mol. The second-order valence-electron chi connectivity index (χ2n) is 6.06. The Morgan fingerprint density at radius 3 is 2.34 bits per heavy atom. The van der Waals surface area contributed by atoms with Crippen molar-refractivity contribution in [2.45, 2.75) is 17.9 Å². The number of nitrogens with zero attached hydrogens (tertiary/aromatic N) is 2. The standard InChI is InChI=1S/C18H17N3O5S2.Na/c1-12-7-9-14(10-8-12)27-20-16(13-5-3-2-4-6-13)17(22)19-15-11-21(18(15)23)28(24,25)26;/h2-10,15H,11H2,1H3,(H,19,22)(H,24,25,26);/q;+1/p-1. The number of rotatable bonds is 6. The van der Waals surface area contributed by atoms with E-state index >= 15 is 0 Å². The van der Waals surface area contributed by atoms with E-state index in [1.807, 2.05) is 31.2 Å². The number of hydrogen-bond donors (Lipinski definition) is 1. The topological polar surface area (TPSA) is 119 Å². The van der Waals surface area contributed by atoms with Gasteiger partial charge in [0, 0.05) is 22.4 Å². The molecule has 0 spiro atoms. The Hall–Kier alpha value is -1.69. The van der Waals surface area contributed by atoms with Gasteiger partial charge in [-0.2, -0.15) is 0 Å². The molecule has 1 N–H and O–H groups in total. The molecule has 3 rings (SSSR count). The molecule has 11 heteroatoms. The summed E-state index contributed by atoms with van der Waals surface area (Å²) in [6.45, 7) is 1.57. The number of amides is 2. The van der Waals surface area contributed by atoms with E-state index in [-0.39, 0.29) is 46.1 Å². The van der Waals surface area contributed by atoms with Gasteiger partial charge in [-0.1, -0.05) is 48.0 Å². The Morgan fingerprint density at radius 2 is 1.79 bits per heavy atom. The van der Waals surface area contributed by atoms with E-state index in [9.17, 15) is 22.6 Å². The molecule has 29 heavy (non-hydrogen) atoms. The van der Waals surface area contributed by atoms with Gasteiger partial charge < -0.3 is 9.87 Å². The van der Waals surface area contributed by atoms with Gasteiger partial charge >= 0.3 is 29.6 Å². The molecule has 2 aromatic rings. The fourth-order valence-corrected chi connectivity index (χ4v) is 3.77. The van der Waals surface area contributed by atoms with Crippen molar-refractivity contribution in [1.82, 2.24) is 9.62 Å². The molecule has 1 fully saturated rings. The van der Waals surface area contributed by atoms with Crippen molar-refractivity contribution in [3.05, 3.63) is 65.7 Å². The summed E-state index contributed by atoms with van der Waals surface area (Å²) in [7, 11) is -4.86. The molecule has 0 aliphatic carbocycles. The van der Waals surface area contributed by atoms with Crippen LogP contribution >= 0.6 is 11.9 Å². The van der Waals surface area contributed by atoms with Crippen molar-refractivity contribution in [1.29, 1.82) is 0 Å². The average molecular weight is 441 g/mol. The van der Waals surface area contributed by atoms with Gasteiger partial charge in [0.1, 0.15) is 11.8 Å². The largest absolute Gasteiger partial charge is 1.00 e. The van der Waals surface area contributed by atoms with Crippen LogP contribution in [-0.4, -0.2) is 47.4 Å². The maximum atomic E-state index is 12.7. The van der Waals surface area contributed by atoms with Gasteiger partial charge in [-0.25, -0.2) is 17.1 Å². The number of carbonyl (C=O) groups is 2. The third-order valence-corrected chi connectivity index (χ3v) is 5.62. The van der Waals surface area contributed by atoms with Crippen LogP contribution < -0.4 is 34.9 Å². The molecule has 146 valence electrons. The summed E-state index contributed by atoms with van der Waals surface area (Å²) < 4.78 is 37.2. The third kappa shape index (κ3) is 5.91. The SMILES string of the molecule is Cc1ccc(SN=C(C(=O)NC2CN(S(=O)(=O)[O-])C2=O)c2ccccc2)cc1.[Na+]. The zero-order valence-corrected chi connectivity index (χ0v) is 19.4. The first-order valence-corrected chi connectivity index (χ1v) is 10.3. The van der Waals surface area contributed by atoms with E-state index in [2.05, 4.69) is 9.71 Å². The molecule has 1 saturated heterocycles. The van der Waals surface area contributed by atoms with E-state index in [1.54, 1.807) is 30.3 Å². The average Bonchev–Trinajstić information content (AvgIpc) is 2.66. The number of hydrogen-bond acceptors (Lipinski definition) is 7. The van der Waals surface area contributed by atoms with Crippen LogP contribution in [0.5, 0.6) is 0 Å². The first kappa shape index (κ1) is 23.6. The molecule has 1 aliphatic heterocycles. The molecule has 1 unspecified atom stereocenters. The van der Waals surface area contributed by atoms with Crippen molar-refractivity contribution in [3.8, 4) is 0 Å². The smallest absolute Gasteiger partial charge is 0.731 e. The minimum Gasteiger partial charge on any atom is -0.731 e. The Bertz CT molecular complexity index is 1030. The molecule has 2 aromatic carbocycles. The number of β-lactam (4-membered cyclic amide) rings is 1. The van der Waals surface area contributed by atoms with Crippen LogP contribution in [0.1, 0.15) is 11.1 Å². The van der Waals surface area contributed by atoms with Gasteiger partial charge in [0.05, 0.1) is 6.54 Å². The van der Waals surface area contributed by atoms with Crippen molar-refractivity contribution in [3.63, 3.8) is 0 Å². The molecule has 2 amide bonds. The van der Waals surface area contributed by atoms with Crippen molar-refractivity contribution in [2.75, 3.05) is 6.54 Å². The normalized spacial score (nSPS) is 16.6. The Labute approximate surface area is 195 Å². The van der Waals surface area contributed by atoms with E-state index in [4.69, 9.17) is 0 Å². The summed E-state index contributed by atoms with van der Waals surface area (Å²) in [5, 5.41) is 2.43. The summed E-state index contributed by atoms with van der Waals surface area (Å²) in [5.41, 5.74) is 1.72. The van der Waals surface area contributed by atoms with Crippen molar-refractivity contribution < 1.29 is 52.1 Å². The van der Waals surface area contributed by atoms with Crippen LogP contribution in [0.15, 0.2) is 63.9 Å². The third-order valence-electron chi connectivity index (χ3n) is 3.99. The molecule has 0 aromatic heterocycles. The van der Waals surface area contributed by atoms with Crippen LogP contribution in [0.2, 0.25) is 0 Å². The molecule has 0 radical (unpaired) electrons. The molecular weight excluding hydrogens is 425 g/mol. The predicted octanol–water partition coefficient (Wildman–Crippen LogP) is -1.72. The molecule has 0 bridgehead atoms. The van der Waals surface area contributed by atoms with Gasteiger partial charge in [-0.15, -0.1) is 0 Å². The first-order valence-electron chi connectivity index (χ1n) is 8.21. The van der Waals surface area contributed by atoms with Crippen LogP contribution in [0, 0.1) is 6.92 Å². The molecule has 0 saturated carbocycles. The summed E-state index contributed by atoms with van der Waals surface area (Å²) in [6.07, 6.45) is 0. The fraction of sp³-hybridized carbons (Fsp3) is 0.167. The van der Waals surface area contributed by atoms with Crippen molar-refractivity contribution in [2.24, 2.45) is 4.40 Å². The minimum absolute atomic E-state index is 0. The Morgan fingerprint density at radius 1 is 1.17 bits per heavy atom. The fourth-order valence-electron chi connectivity index (χ4n) is 2.45. The second-order valence-corrected chi connectivity index (χ2v) is 8.20. The van der Waals surface area contributed by atoms with Gasteiger partial charge in [0.15, 0.2) is 10.3 Å². The summed E-state index contributed by atoms with van der Waals surface area (Å²) in [4.78, 5) is 25.3. The Balaban J connectivity index is 0.00000300. The van der Waals surface area contributed by atoms with Crippen LogP contribution in [0.3, 0.4) is 0 Å². The van der Waals surface area contributed by atoms with E-state index in [1.165, 1.54) is 0 Å². The van der Waals surface area contributed by atoms with Crippen LogP contribution in [0.4, 0.5) is 0 Å². The number of nitrogens with one attached hydrogen (secondary N) is 1. The maximum absolute atomic E-state index is 12.7. The van der Waals surface area contributed by atoms with Gasteiger partial charge in [-0.05, 0) is 19.1 Å². The Kier molecular flexibility index (Phi) is 8.03. The van der Waals surface area contributed by atoms with Crippen LogP contribution in [0.25, 0.3) is 0 Å². The summed E-state index contributed by atoms with van der Waals surface area (Å²) >= 11 is 1.10. The molecule has 8 nitrogen and oxygen atoms in total. The number of aryl methyl sites for hydroxylation is 1. The second kappa shape index (κ2) is 9.88. The molecule has 1 aliphatic rings. The first-order chi connectivity index (χ1) is 13.3. The zero-order chi connectivity index (χ0) is 20.3. The number of carbonyl (C=O) groups excluding carboxylic acids is 2. The quantitative estimate of drug-likeness (QED) is 0.187. The van der Waals surface area contributed by atoms with E-state index in [0.717, 1.165) is 22.4 Å². The monoisotopic (exact) mass is 441 g/mol.